The fraction of sp³-hybridized carbons (Fsp3) is 0.167. The predicted octanol–water partition coefficient (Wildman–Crippen LogP) is 4.16. The van der Waals surface area contributed by atoms with Crippen LogP contribution in [0.2, 0.25) is 0 Å². The molecule has 0 aliphatic carbocycles. The number of benzene rings is 2. The van der Waals surface area contributed by atoms with Crippen molar-refractivity contribution in [3.8, 4) is 11.4 Å². The zero-order valence-corrected chi connectivity index (χ0v) is 14.6. The molecule has 2 aromatic carbocycles. The van der Waals surface area contributed by atoms with E-state index in [-0.39, 0.29) is 23.9 Å². The van der Waals surface area contributed by atoms with Gasteiger partial charge in [-0.25, -0.2) is 4.39 Å². The van der Waals surface area contributed by atoms with E-state index in [1.807, 2.05) is 24.3 Å². The highest BCUT2D eigenvalue weighted by Crippen LogP contribution is 2.33. The number of anilines is 1. The molecule has 2 heterocycles. The summed E-state index contributed by atoms with van der Waals surface area (Å²) in [5.41, 5.74) is 1.10. The lowest BCUT2D eigenvalue weighted by atomic mass is 10.1. The highest BCUT2D eigenvalue weighted by molar-refractivity contribution is 9.10. The van der Waals surface area contributed by atoms with E-state index < -0.39 is 5.82 Å². The van der Waals surface area contributed by atoms with E-state index in [4.69, 9.17) is 4.52 Å². The summed E-state index contributed by atoms with van der Waals surface area (Å²) in [6, 6.07) is 13.8. The second kappa shape index (κ2) is 6.40. The Hall–Kier alpha value is -2.54. The number of hydrogen-bond donors (Lipinski definition) is 0. The van der Waals surface area contributed by atoms with Crippen molar-refractivity contribution in [1.82, 2.24) is 10.1 Å². The summed E-state index contributed by atoms with van der Waals surface area (Å²) in [5, 5.41) is 4.00. The third kappa shape index (κ3) is 3.07. The van der Waals surface area contributed by atoms with Gasteiger partial charge in [0.25, 0.3) is 0 Å². The molecule has 0 bridgehead atoms. The molecular formula is C18H13BrFN3O2. The van der Waals surface area contributed by atoms with Crippen molar-refractivity contribution in [2.45, 2.75) is 12.3 Å². The van der Waals surface area contributed by atoms with Gasteiger partial charge >= 0.3 is 0 Å². The van der Waals surface area contributed by atoms with Crippen molar-refractivity contribution >= 4 is 27.5 Å². The number of carbonyl (C=O) groups excluding carboxylic acids is 1. The standard InChI is InChI=1S/C18H13BrFN3O2/c19-13-5-3-4-11(8-13)17-21-18(25-22-17)12-9-16(24)23(10-12)15-7-2-1-6-14(15)20/h1-8,12H,9-10H2. The average Bonchev–Trinajstić information content (AvgIpc) is 3.22. The SMILES string of the molecule is O=C1CC(c2nc(-c3cccc(Br)c3)no2)CN1c1ccccc1F. The molecule has 4 rings (SSSR count). The van der Waals surface area contributed by atoms with Gasteiger partial charge in [0.2, 0.25) is 17.6 Å². The van der Waals surface area contributed by atoms with Crippen molar-refractivity contribution in [1.29, 1.82) is 0 Å². The van der Waals surface area contributed by atoms with Crippen molar-refractivity contribution in [2.75, 3.05) is 11.4 Å². The Morgan fingerprint density at radius 3 is 2.84 bits per heavy atom. The number of aromatic nitrogens is 2. The highest BCUT2D eigenvalue weighted by atomic mass is 79.9. The van der Waals surface area contributed by atoms with Crippen LogP contribution in [0.5, 0.6) is 0 Å². The molecule has 1 fully saturated rings. The zero-order chi connectivity index (χ0) is 17.4. The van der Waals surface area contributed by atoms with Crippen LogP contribution in [-0.2, 0) is 4.79 Å². The van der Waals surface area contributed by atoms with Crippen LogP contribution in [0, 0.1) is 5.82 Å². The molecule has 0 spiro atoms. The molecule has 1 aliphatic rings. The first kappa shape index (κ1) is 16.0. The van der Waals surface area contributed by atoms with Crippen LogP contribution in [0.4, 0.5) is 10.1 Å². The topological polar surface area (TPSA) is 59.2 Å². The molecule has 0 N–H and O–H groups in total. The number of rotatable bonds is 3. The molecule has 1 amide bonds. The van der Waals surface area contributed by atoms with Gasteiger partial charge < -0.3 is 9.42 Å². The van der Waals surface area contributed by atoms with Gasteiger partial charge in [0.1, 0.15) is 5.82 Å². The van der Waals surface area contributed by atoms with Crippen LogP contribution in [0.3, 0.4) is 0 Å². The van der Waals surface area contributed by atoms with Crippen molar-refractivity contribution in [3.63, 3.8) is 0 Å². The molecule has 3 aromatic rings. The van der Waals surface area contributed by atoms with E-state index in [2.05, 4.69) is 26.1 Å². The van der Waals surface area contributed by atoms with Crippen molar-refractivity contribution in [2.24, 2.45) is 0 Å². The Balaban J connectivity index is 1.58. The van der Waals surface area contributed by atoms with Gasteiger partial charge in [0.05, 0.1) is 11.6 Å². The van der Waals surface area contributed by atoms with E-state index in [0.29, 0.717) is 18.3 Å². The van der Waals surface area contributed by atoms with E-state index in [1.54, 1.807) is 18.2 Å². The minimum absolute atomic E-state index is 0.155. The summed E-state index contributed by atoms with van der Waals surface area (Å²) in [4.78, 5) is 18.1. The Morgan fingerprint density at radius 1 is 1.20 bits per heavy atom. The molecule has 7 heteroatoms. The number of hydrogen-bond acceptors (Lipinski definition) is 4. The van der Waals surface area contributed by atoms with Gasteiger partial charge in [-0.05, 0) is 24.3 Å². The van der Waals surface area contributed by atoms with E-state index in [1.165, 1.54) is 11.0 Å². The molecule has 5 nitrogen and oxygen atoms in total. The second-order valence-electron chi connectivity index (χ2n) is 5.82. The zero-order valence-electron chi connectivity index (χ0n) is 13.0. The summed E-state index contributed by atoms with van der Waals surface area (Å²) in [6.07, 6.45) is 0.217. The quantitative estimate of drug-likeness (QED) is 0.660. The van der Waals surface area contributed by atoms with Gasteiger partial charge in [0, 0.05) is 23.0 Å². The third-order valence-electron chi connectivity index (χ3n) is 4.14. The molecule has 0 radical (unpaired) electrons. The van der Waals surface area contributed by atoms with Gasteiger partial charge in [-0.15, -0.1) is 0 Å². The largest absolute Gasteiger partial charge is 0.339 e. The summed E-state index contributed by atoms with van der Waals surface area (Å²) < 4.78 is 20.2. The Bertz CT molecular complexity index is 943. The van der Waals surface area contributed by atoms with Crippen LogP contribution in [-0.4, -0.2) is 22.6 Å². The molecule has 0 saturated carbocycles. The maximum absolute atomic E-state index is 14.0. The molecule has 1 unspecified atom stereocenters. The molecule has 1 aromatic heterocycles. The Kier molecular flexibility index (Phi) is 4.09. The van der Waals surface area contributed by atoms with Crippen LogP contribution < -0.4 is 4.90 Å². The average molecular weight is 402 g/mol. The lowest BCUT2D eigenvalue weighted by molar-refractivity contribution is -0.117. The van der Waals surface area contributed by atoms with E-state index in [0.717, 1.165) is 10.0 Å². The first-order valence-corrected chi connectivity index (χ1v) is 8.55. The first-order valence-electron chi connectivity index (χ1n) is 7.76. The molecule has 1 saturated heterocycles. The summed E-state index contributed by atoms with van der Waals surface area (Å²) >= 11 is 3.41. The normalized spacial score (nSPS) is 17.3. The Morgan fingerprint density at radius 2 is 2.04 bits per heavy atom. The molecule has 1 aliphatic heterocycles. The molecular weight excluding hydrogens is 389 g/mol. The maximum Gasteiger partial charge on any atom is 0.232 e. The van der Waals surface area contributed by atoms with Crippen LogP contribution >= 0.6 is 15.9 Å². The molecule has 25 heavy (non-hydrogen) atoms. The van der Waals surface area contributed by atoms with Gasteiger partial charge in [-0.2, -0.15) is 4.98 Å². The molecule has 126 valence electrons. The van der Waals surface area contributed by atoms with Gasteiger partial charge in [-0.3, -0.25) is 4.79 Å². The van der Waals surface area contributed by atoms with Crippen molar-refractivity contribution in [3.05, 3.63) is 64.7 Å². The number of nitrogens with zero attached hydrogens (tertiary/aromatic N) is 3. The van der Waals surface area contributed by atoms with E-state index in [9.17, 15) is 9.18 Å². The lowest BCUT2D eigenvalue weighted by Crippen LogP contribution is -2.25. The number of carbonyl (C=O) groups is 1. The van der Waals surface area contributed by atoms with Crippen LogP contribution in [0.25, 0.3) is 11.4 Å². The maximum atomic E-state index is 14.0. The summed E-state index contributed by atoms with van der Waals surface area (Å²) in [5.74, 6) is 0.0323. The van der Waals surface area contributed by atoms with Crippen molar-refractivity contribution < 1.29 is 13.7 Å². The summed E-state index contributed by atoms with van der Waals surface area (Å²) in [6.45, 7) is 0.319. The predicted molar refractivity (Wildman–Crippen MR) is 93.5 cm³/mol. The number of halogens is 2. The summed E-state index contributed by atoms with van der Waals surface area (Å²) in [7, 11) is 0. The fourth-order valence-electron chi connectivity index (χ4n) is 2.92. The minimum atomic E-state index is -0.420. The van der Waals surface area contributed by atoms with Crippen LogP contribution in [0.15, 0.2) is 57.5 Å². The highest BCUT2D eigenvalue weighted by Gasteiger charge is 2.36. The third-order valence-corrected chi connectivity index (χ3v) is 4.64. The fourth-order valence-corrected chi connectivity index (χ4v) is 3.32. The Labute approximate surface area is 151 Å². The van der Waals surface area contributed by atoms with Crippen LogP contribution in [0.1, 0.15) is 18.2 Å². The second-order valence-corrected chi connectivity index (χ2v) is 6.74. The number of amides is 1. The smallest absolute Gasteiger partial charge is 0.232 e. The van der Waals surface area contributed by atoms with Gasteiger partial charge in [-0.1, -0.05) is 45.4 Å². The minimum Gasteiger partial charge on any atom is -0.339 e. The number of para-hydroxylation sites is 1. The monoisotopic (exact) mass is 401 g/mol. The van der Waals surface area contributed by atoms with E-state index >= 15 is 0 Å². The molecule has 1 atom stereocenters. The van der Waals surface area contributed by atoms with Gasteiger partial charge in [0.15, 0.2) is 0 Å². The lowest BCUT2D eigenvalue weighted by Gasteiger charge is -2.16. The first-order chi connectivity index (χ1) is 12.1.